The molecule has 0 bridgehead atoms. The normalized spacial score (nSPS) is 10.4. The summed E-state index contributed by atoms with van der Waals surface area (Å²) in [5.41, 5.74) is -0.904. The smallest absolute Gasteiger partial charge is 0.271 e. The van der Waals surface area contributed by atoms with Crippen LogP contribution in [0.4, 0.5) is 0 Å². The highest BCUT2D eigenvalue weighted by atomic mass is 35.5. The van der Waals surface area contributed by atoms with Gasteiger partial charge in [0.2, 0.25) is 0 Å². The third kappa shape index (κ3) is 2.00. The van der Waals surface area contributed by atoms with E-state index in [1.807, 2.05) is 0 Å². The lowest BCUT2D eigenvalue weighted by Crippen LogP contribution is -2.25. The van der Waals surface area contributed by atoms with Gasteiger partial charge < -0.3 is 0 Å². The minimum Gasteiger partial charge on any atom is -0.271 e. The van der Waals surface area contributed by atoms with E-state index in [2.05, 4.69) is 15.2 Å². The Hall–Kier alpha value is -1.59. The summed E-state index contributed by atoms with van der Waals surface area (Å²) in [5, 5.41) is 6.50. The summed E-state index contributed by atoms with van der Waals surface area (Å²) in [5.74, 6) is 0. The molecule has 0 fully saturated rings. The zero-order chi connectivity index (χ0) is 11.7. The van der Waals surface area contributed by atoms with Crippen molar-refractivity contribution in [3.63, 3.8) is 0 Å². The summed E-state index contributed by atoms with van der Waals surface area (Å²) in [6, 6.07) is 4.64. The number of hydrogen-bond donors (Lipinski definition) is 2. The van der Waals surface area contributed by atoms with E-state index in [1.165, 1.54) is 6.07 Å². The number of nitrogens with one attached hydrogen (secondary N) is 2. The molecule has 5 nitrogen and oxygen atoms in total. The third-order valence-electron chi connectivity index (χ3n) is 1.89. The molecule has 0 radical (unpaired) electrons. The van der Waals surface area contributed by atoms with Crippen LogP contribution >= 0.6 is 23.2 Å². The second-order valence-electron chi connectivity index (χ2n) is 2.98. The number of nitrogens with zero attached hydrogens (tertiary/aromatic N) is 1. The Morgan fingerprint density at radius 3 is 2.62 bits per heavy atom. The highest BCUT2D eigenvalue weighted by Gasteiger charge is 2.10. The van der Waals surface area contributed by atoms with Crippen LogP contribution in [0.1, 0.15) is 0 Å². The second kappa shape index (κ2) is 4.11. The Bertz CT molecular complexity index is 648. The lowest BCUT2D eigenvalue weighted by Gasteiger charge is -2.01. The molecular weight excluding hydrogens is 253 g/mol. The average molecular weight is 258 g/mol. The summed E-state index contributed by atoms with van der Waals surface area (Å²) in [4.78, 5) is 24.3. The first-order chi connectivity index (χ1) is 7.58. The molecule has 2 N–H and O–H groups in total. The van der Waals surface area contributed by atoms with Gasteiger partial charge in [-0.3, -0.25) is 9.78 Å². The molecule has 0 amide bonds. The van der Waals surface area contributed by atoms with Crippen molar-refractivity contribution in [3.8, 4) is 11.3 Å². The fraction of sp³-hybridized carbons (Fsp3) is 0. The van der Waals surface area contributed by atoms with Crippen LogP contribution in [0.5, 0.6) is 0 Å². The summed E-state index contributed by atoms with van der Waals surface area (Å²) in [7, 11) is 0. The average Bonchev–Trinajstić information content (AvgIpc) is 2.22. The first-order valence-corrected chi connectivity index (χ1v) is 4.98. The van der Waals surface area contributed by atoms with Crippen molar-refractivity contribution < 1.29 is 0 Å². The van der Waals surface area contributed by atoms with Crippen LogP contribution in [0.3, 0.4) is 0 Å². The van der Waals surface area contributed by atoms with Crippen molar-refractivity contribution in [2.75, 3.05) is 0 Å². The summed E-state index contributed by atoms with van der Waals surface area (Å²) < 4.78 is 0. The number of benzene rings is 1. The monoisotopic (exact) mass is 257 g/mol. The highest BCUT2D eigenvalue weighted by Crippen LogP contribution is 2.26. The molecule has 1 heterocycles. The fourth-order valence-corrected chi connectivity index (χ4v) is 1.59. The van der Waals surface area contributed by atoms with Crippen LogP contribution in [-0.4, -0.2) is 15.2 Å². The highest BCUT2D eigenvalue weighted by molar-refractivity contribution is 6.35. The van der Waals surface area contributed by atoms with Gasteiger partial charge in [0.15, 0.2) is 5.69 Å². The van der Waals surface area contributed by atoms with Crippen LogP contribution in [0.2, 0.25) is 10.0 Å². The van der Waals surface area contributed by atoms with E-state index in [-0.39, 0.29) is 5.69 Å². The quantitative estimate of drug-likeness (QED) is 0.812. The number of rotatable bonds is 1. The van der Waals surface area contributed by atoms with Gasteiger partial charge in [-0.2, -0.15) is 5.10 Å². The number of aromatic amines is 2. The molecule has 0 unspecified atom stereocenters. The van der Waals surface area contributed by atoms with Gasteiger partial charge in [-0.1, -0.05) is 23.2 Å². The summed E-state index contributed by atoms with van der Waals surface area (Å²) in [6.45, 7) is 0. The van der Waals surface area contributed by atoms with Crippen molar-refractivity contribution in [2.24, 2.45) is 0 Å². The van der Waals surface area contributed by atoms with Gasteiger partial charge in [0.25, 0.3) is 5.56 Å². The van der Waals surface area contributed by atoms with E-state index >= 15 is 0 Å². The third-order valence-corrected chi connectivity index (χ3v) is 2.46. The summed E-state index contributed by atoms with van der Waals surface area (Å²) >= 11 is 11.7. The number of aromatic nitrogens is 3. The van der Waals surface area contributed by atoms with E-state index in [0.29, 0.717) is 15.6 Å². The molecule has 2 aromatic rings. The Morgan fingerprint density at radius 2 is 1.94 bits per heavy atom. The molecule has 2 rings (SSSR count). The van der Waals surface area contributed by atoms with Gasteiger partial charge >= 0.3 is 5.69 Å². The van der Waals surface area contributed by atoms with Gasteiger partial charge in [-0.25, -0.2) is 9.89 Å². The van der Waals surface area contributed by atoms with E-state index in [9.17, 15) is 9.59 Å². The molecule has 1 aromatic heterocycles. The molecule has 0 spiro atoms. The van der Waals surface area contributed by atoms with E-state index in [1.54, 1.807) is 12.1 Å². The minimum absolute atomic E-state index is 0.0205. The maximum Gasteiger partial charge on any atom is 0.342 e. The van der Waals surface area contributed by atoms with Gasteiger partial charge in [-0.15, -0.1) is 0 Å². The zero-order valence-electron chi connectivity index (χ0n) is 7.75. The molecular formula is C9H5Cl2N3O2. The van der Waals surface area contributed by atoms with Crippen molar-refractivity contribution in [1.29, 1.82) is 0 Å². The molecule has 82 valence electrons. The van der Waals surface area contributed by atoms with Crippen LogP contribution in [0.25, 0.3) is 11.3 Å². The van der Waals surface area contributed by atoms with Gasteiger partial charge in [0.1, 0.15) is 0 Å². The van der Waals surface area contributed by atoms with Gasteiger partial charge in [0, 0.05) is 10.6 Å². The Morgan fingerprint density at radius 1 is 1.19 bits per heavy atom. The first-order valence-electron chi connectivity index (χ1n) is 4.22. The lowest BCUT2D eigenvalue weighted by molar-refractivity contribution is 0.898. The van der Waals surface area contributed by atoms with E-state index in [4.69, 9.17) is 23.2 Å². The maximum atomic E-state index is 11.5. The molecule has 16 heavy (non-hydrogen) atoms. The minimum atomic E-state index is -0.674. The molecule has 0 atom stereocenters. The largest absolute Gasteiger partial charge is 0.342 e. The van der Waals surface area contributed by atoms with Gasteiger partial charge in [-0.05, 0) is 18.2 Å². The maximum absolute atomic E-state index is 11.5. The van der Waals surface area contributed by atoms with E-state index < -0.39 is 11.2 Å². The molecule has 0 saturated heterocycles. The summed E-state index contributed by atoms with van der Waals surface area (Å²) in [6.07, 6.45) is 0. The van der Waals surface area contributed by atoms with Gasteiger partial charge in [0.05, 0.1) is 5.02 Å². The fourth-order valence-electron chi connectivity index (χ4n) is 1.21. The molecule has 0 aliphatic rings. The molecule has 0 saturated carbocycles. The Kier molecular flexibility index (Phi) is 2.80. The lowest BCUT2D eigenvalue weighted by atomic mass is 10.1. The van der Waals surface area contributed by atoms with Crippen molar-refractivity contribution in [2.45, 2.75) is 0 Å². The van der Waals surface area contributed by atoms with Crippen LogP contribution in [-0.2, 0) is 0 Å². The number of hydrogen-bond acceptors (Lipinski definition) is 3. The predicted octanol–water partition coefficient (Wildman–Crippen LogP) is 1.43. The Labute approximate surface area is 99.0 Å². The van der Waals surface area contributed by atoms with Crippen LogP contribution < -0.4 is 11.2 Å². The molecule has 0 aliphatic carbocycles. The number of halogens is 2. The predicted molar refractivity (Wildman–Crippen MR) is 60.9 cm³/mol. The van der Waals surface area contributed by atoms with E-state index in [0.717, 1.165) is 0 Å². The number of H-pyrrole nitrogens is 2. The van der Waals surface area contributed by atoms with Crippen molar-refractivity contribution in [3.05, 3.63) is 49.1 Å². The SMILES string of the molecule is O=c1[nH]nc(-c2cc(Cl)ccc2Cl)c(=O)[nH]1. The molecule has 0 aliphatic heterocycles. The zero-order valence-corrected chi connectivity index (χ0v) is 9.26. The van der Waals surface area contributed by atoms with Crippen LogP contribution in [0.15, 0.2) is 27.8 Å². The van der Waals surface area contributed by atoms with Crippen LogP contribution in [0, 0.1) is 0 Å². The standard InChI is InChI=1S/C9H5Cl2N3O2/c10-4-1-2-6(11)5(3-4)7-8(15)12-9(16)14-13-7/h1-3H,(H2,12,14,15,16). The topological polar surface area (TPSA) is 78.6 Å². The van der Waals surface area contributed by atoms with Crippen molar-refractivity contribution in [1.82, 2.24) is 15.2 Å². The molecule has 1 aromatic carbocycles. The Balaban J connectivity index is 2.72. The first kappa shape index (κ1) is 10.9. The molecule has 7 heteroatoms. The van der Waals surface area contributed by atoms with Crippen molar-refractivity contribution >= 4 is 23.2 Å². The second-order valence-corrected chi connectivity index (χ2v) is 3.82.